The number of aromatic nitrogens is 4. The Morgan fingerprint density at radius 2 is 2.00 bits per heavy atom. The first-order valence-corrected chi connectivity index (χ1v) is 11.4. The lowest BCUT2D eigenvalue weighted by Gasteiger charge is -2.38. The third-order valence-corrected chi connectivity index (χ3v) is 6.59. The van der Waals surface area contributed by atoms with Gasteiger partial charge >= 0.3 is 6.01 Å². The van der Waals surface area contributed by atoms with Crippen LogP contribution < -0.4 is 9.64 Å². The van der Waals surface area contributed by atoms with E-state index in [1.54, 1.807) is 0 Å². The third kappa shape index (κ3) is 4.97. The first-order valence-electron chi connectivity index (χ1n) is 11.4. The predicted octanol–water partition coefficient (Wildman–Crippen LogP) is 4.00. The number of morpholine rings is 1. The van der Waals surface area contributed by atoms with E-state index in [9.17, 15) is 0 Å². The summed E-state index contributed by atoms with van der Waals surface area (Å²) in [6.45, 7) is 12.2. The third-order valence-electron chi connectivity index (χ3n) is 6.59. The van der Waals surface area contributed by atoms with Crippen LogP contribution in [0.3, 0.4) is 0 Å². The average molecular weight is 436 g/mol. The van der Waals surface area contributed by atoms with Gasteiger partial charge in [-0.3, -0.25) is 0 Å². The van der Waals surface area contributed by atoms with Crippen LogP contribution in [0.1, 0.15) is 52.1 Å². The summed E-state index contributed by atoms with van der Waals surface area (Å²) in [4.78, 5) is 11.5. The Morgan fingerprint density at radius 1 is 1.22 bits per heavy atom. The van der Waals surface area contributed by atoms with Crippen LogP contribution in [0.5, 0.6) is 6.01 Å². The van der Waals surface area contributed by atoms with E-state index in [1.165, 1.54) is 0 Å². The summed E-state index contributed by atoms with van der Waals surface area (Å²) < 4.78 is 13.2. The summed E-state index contributed by atoms with van der Waals surface area (Å²) in [5.41, 5.74) is 1.32. The van der Waals surface area contributed by atoms with Crippen molar-refractivity contribution in [1.29, 1.82) is 0 Å². The summed E-state index contributed by atoms with van der Waals surface area (Å²) in [6.07, 6.45) is 8.31. The Morgan fingerprint density at radius 3 is 2.78 bits per heavy atom. The van der Waals surface area contributed by atoms with E-state index in [0.29, 0.717) is 49.9 Å². The highest BCUT2D eigenvalue weighted by molar-refractivity contribution is 5.45. The molecule has 7 heteroatoms. The van der Waals surface area contributed by atoms with Crippen molar-refractivity contribution in [2.45, 2.75) is 46.5 Å². The molecule has 1 aliphatic heterocycles. The summed E-state index contributed by atoms with van der Waals surface area (Å²) in [5.74, 6) is 8.23. The fraction of sp³-hybridized carbons (Fsp3) is 0.560. The van der Waals surface area contributed by atoms with Crippen LogP contribution in [0.15, 0.2) is 30.5 Å². The van der Waals surface area contributed by atoms with Gasteiger partial charge in [-0.25, -0.2) is 4.68 Å². The molecular formula is C25H33N5O2. The topological polar surface area (TPSA) is 65.3 Å². The maximum absolute atomic E-state index is 5.83. The SMILES string of the molecule is CC#CCCOc1nc(N2CCOCC2)cc(-n2ccc(C3C=CCC(C)(C)C3C)n2)n1. The van der Waals surface area contributed by atoms with Crippen molar-refractivity contribution in [3.8, 4) is 23.7 Å². The van der Waals surface area contributed by atoms with Crippen LogP contribution in [0.4, 0.5) is 5.82 Å². The first-order chi connectivity index (χ1) is 15.5. The van der Waals surface area contributed by atoms with Crippen molar-refractivity contribution in [2.24, 2.45) is 11.3 Å². The number of ether oxygens (including phenoxy) is 2. The molecular weight excluding hydrogens is 402 g/mol. The van der Waals surface area contributed by atoms with Gasteiger partial charge in [0, 0.05) is 37.7 Å². The Labute approximate surface area is 190 Å². The number of allylic oxidation sites excluding steroid dienone is 2. The largest absolute Gasteiger partial charge is 0.462 e. The van der Waals surface area contributed by atoms with Gasteiger partial charge in [0.1, 0.15) is 12.4 Å². The number of hydrogen-bond acceptors (Lipinski definition) is 6. The maximum Gasteiger partial charge on any atom is 0.320 e. The highest BCUT2D eigenvalue weighted by Gasteiger charge is 2.34. The van der Waals surface area contributed by atoms with Crippen LogP contribution in [0.25, 0.3) is 5.82 Å². The van der Waals surface area contributed by atoms with Crippen LogP contribution in [-0.2, 0) is 4.74 Å². The molecule has 2 atom stereocenters. The number of rotatable bonds is 6. The first kappa shape index (κ1) is 22.3. The van der Waals surface area contributed by atoms with Crippen molar-refractivity contribution in [2.75, 3.05) is 37.8 Å². The smallest absolute Gasteiger partial charge is 0.320 e. The van der Waals surface area contributed by atoms with Crippen LogP contribution in [0.2, 0.25) is 0 Å². The van der Waals surface area contributed by atoms with E-state index in [0.717, 1.165) is 31.0 Å². The summed E-state index contributed by atoms with van der Waals surface area (Å²) >= 11 is 0. The van der Waals surface area contributed by atoms with Crippen molar-refractivity contribution in [1.82, 2.24) is 19.7 Å². The molecule has 7 nitrogen and oxygen atoms in total. The van der Waals surface area contributed by atoms with E-state index in [4.69, 9.17) is 14.6 Å². The summed E-state index contributed by atoms with van der Waals surface area (Å²) in [5, 5.41) is 4.91. The molecule has 1 fully saturated rings. The van der Waals surface area contributed by atoms with Crippen LogP contribution in [0, 0.1) is 23.2 Å². The van der Waals surface area contributed by atoms with E-state index in [2.05, 4.69) is 65.7 Å². The molecule has 2 aliphatic rings. The minimum absolute atomic E-state index is 0.254. The molecule has 0 amide bonds. The number of anilines is 1. The van der Waals surface area contributed by atoms with Gasteiger partial charge in [-0.15, -0.1) is 11.8 Å². The van der Waals surface area contributed by atoms with Crippen molar-refractivity contribution >= 4 is 5.82 Å². The molecule has 0 bridgehead atoms. The van der Waals surface area contributed by atoms with Gasteiger partial charge in [0.05, 0.1) is 18.9 Å². The molecule has 0 aromatic carbocycles. The molecule has 0 spiro atoms. The fourth-order valence-corrected chi connectivity index (χ4v) is 4.21. The zero-order valence-corrected chi connectivity index (χ0v) is 19.5. The zero-order chi connectivity index (χ0) is 22.6. The lowest BCUT2D eigenvalue weighted by atomic mass is 9.67. The molecule has 0 radical (unpaired) electrons. The predicted molar refractivity (Wildman–Crippen MR) is 125 cm³/mol. The lowest BCUT2D eigenvalue weighted by molar-refractivity contribution is 0.122. The van der Waals surface area contributed by atoms with Gasteiger partial charge < -0.3 is 14.4 Å². The van der Waals surface area contributed by atoms with Gasteiger partial charge in [-0.2, -0.15) is 15.1 Å². The fourth-order valence-electron chi connectivity index (χ4n) is 4.21. The monoisotopic (exact) mass is 435 g/mol. The Kier molecular flexibility index (Phi) is 6.80. The van der Waals surface area contributed by atoms with Crippen LogP contribution >= 0.6 is 0 Å². The maximum atomic E-state index is 5.83. The van der Waals surface area contributed by atoms with Crippen LogP contribution in [-0.4, -0.2) is 52.7 Å². The number of nitrogens with zero attached hydrogens (tertiary/aromatic N) is 5. The highest BCUT2D eigenvalue weighted by Crippen LogP contribution is 2.44. The van der Waals surface area contributed by atoms with E-state index < -0.39 is 0 Å². The molecule has 3 heterocycles. The molecule has 2 unspecified atom stereocenters. The quantitative estimate of drug-likeness (QED) is 0.388. The van der Waals surface area contributed by atoms with Crippen molar-refractivity contribution in [3.05, 3.63) is 36.2 Å². The van der Waals surface area contributed by atoms with Crippen molar-refractivity contribution in [3.63, 3.8) is 0 Å². The Hall–Kier alpha value is -2.85. The zero-order valence-electron chi connectivity index (χ0n) is 19.5. The molecule has 1 aliphatic carbocycles. The second-order valence-corrected chi connectivity index (χ2v) is 9.11. The lowest BCUT2D eigenvalue weighted by Crippen LogP contribution is -2.37. The van der Waals surface area contributed by atoms with E-state index in [-0.39, 0.29) is 5.41 Å². The normalized spacial score (nSPS) is 22.3. The minimum Gasteiger partial charge on any atom is -0.462 e. The molecule has 2 aromatic rings. The number of hydrogen-bond donors (Lipinski definition) is 0. The molecule has 0 N–H and O–H groups in total. The molecule has 170 valence electrons. The Bertz CT molecular complexity index is 1010. The van der Waals surface area contributed by atoms with E-state index in [1.807, 2.05) is 23.9 Å². The highest BCUT2D eigenvalue weighted by atomic mass is 16.5. The Balaban J connectivity index is 1.62. The molecule has 4 rings (SSSR count). The second kappa shape index (κ2) is 9.74. The second-order valence-electron chi connectivity index (χ2n) is 9.11. The van der Waals surface area contributed by atoms with E-state index >= 15 is 0 Å². The standard InChI is InChI=1S/C25H33N5O2/c1-5-6-7-15-32-24-26-22(29-13-16-31-17-14-29)18-23(27-24)30-12-10-21(28-30)20-9-8-11-25(3,4)19(20)2/h8-10,12,18-20H,7,11,13-17H2,1-4H3. The van der Waals surface area contributed by atoms with Gasteiger partial charge in [-0.1, -0.05) is 32.9 Å². The average Bonchev–Trinajstić information content (AvgIpc) is 3.29. The van der Waals surface area contributed by atoms with Gasteiger partial charge in [0.25, 0.3) is 0 Å². The molecule has 32 heavy (non-hydrogen) atoms. The minimum atomic E-state index is 0.254. The van der Waals surface area contributed by atoms with Crippen molar-refractivity contribution < 1.29 is 9.47 Å². The summed E-state index contributed by atoms with van der Waals surface area (Å²) in [6, 6.07) is 4.43. The molecule has 2 aromatic heterocycles. The molecule has 1 saturated heterocycles. The van der Waals surface area contributed by atoms with Gasteiger partial charge in [0.15, 0.2) is 5.82 Å². The van der Waals surface area contributed by atoms with Gasteiger partial charge in [-0.05, 0) is 30.7 Å². The summed E-state index contributed by atoms with van der Waals surface area (Å²) in [7, 11) is 0. The molecule has 0 saturated carbocycles. The van der Waals surface area contributed by atoms with Gasteiger partial charge in [0.2, 0.25) is 0 Å².